The van der Waals surface area contributed by atoms with Crippen LogP contribution >= 0.6 is 11.8 Å². The van der Waals surface area contributed by atoms with E-state index in [0.717, 1.165) is 29.9 Å². The Labute approximate surface area is 124 Å². The van der Waals surface area contributed by atoms with Gasteiger partial charge >= 0.3 is 5.97 Å². The van der Waals surface area contributed by atoms with Crippen molar-refractivity contribution in [3.05, 3.63) is 5.82 Å². The summed E-state index contributed by atoms with van der Waals surface area (Å²) < 4.78 is 2.12. The van der Waals surface area contributed by atoms with Crippen molar-refractivity contribution in [3.8, 4) is 0 Å². The summed E-state index contributed by atoms with van der Waals surface area (Å²) in [5, 5.41) is 18.0. The molecule has 20 heavy (non-hydrogen) atoms. The summed E-state index contributed by atoms with van der Waals surface area (Å²) in [4.78, 5) is 10.7. The van der Waals surface area contributed by atoms with Crippen LogP contribution in [0.2, 0.25) is 0 Å². The van der Waals surface area contributed by atoms with Crippen molar-refractivity contribution in [2.45, 2.75) is 63.6 Å². The molecule has 112 valence electrons. The number of aliphatic carboxylic acids is 1. The first-order chi connectivity index (χ1) is 9.58. The minimum atomic E-state index is -0.813. The number of nitrogens with zero attached hydrogens (tertiary/aromatic N) is 3. The van der Waals surface area contributed by atoms with Gasteiger partial charge in [0.15, 0.2) is 5.16 Å². The standard InChI is InChI=1S/C14H23N3O2S/c1-10(2)13-15-16-14(20-9-12(18)19)17(13)8-7-11-5-3-4-6-11/h10-11H,3-9H2,1-2H3,(H,18,19). The zero-order valence-corrected chi connectivity index (χ0v) is 13.0. The van der Waals surface area contributed by atoms with Crippen LogP contribution in [-0.4, -0.2) is 31.6 Å². The highest BCUT2D eigenvalue weighted by Crippen LogP contribution is 2.29. The number of thioether (sulfide) groups is 1. The highest BCUT2D eigenvalue weighted by atomic mass is 32.2. The van der Waals surface area contributed by atoms with E-state index < -0.39 is 5.97 Å². The molecule has 1 aromatic rings. The van der Waals surface area contributed by atoms with Crippen molar-refractivity contribution in [3.63, 3.8) is 0 Å². The summed E-state index contributed by atoms with van der Waals surface area (Å²) >= 11 is 1.27. The Balaban J connectivity index is 2.04. The summed E-state index contributed by atoms with van der Waals surface area (Å²) in [6.45, 7) is 5.11. The van der Waals surface area contributed by atoms with Gasteiger partial charge in [-0.05, 0) is 12.3 Å². The van der Waals surface area contributed by atoms with Crippen molar-refractivity contribution < 1.29 is 9.90 Å². The molecule has 0 aromatic carbocycles. The highest BCUT2D eigenvalue weighted by Gasteiger charge is 2.19. The molecule has 1 aromatic heterocycles. The quantitative estimate of drug-likeness (QED) is 0.783. The van der Waals surface area contributed by atoms with Gasteiger partial charge in [0, 0.05) is 12.5 Å². The Bertz CT molecular complexity index is 453. The predicted octanol–water partition coefficient (Wildman–Crippen LogP) is 3.16. The molecule has 0 saturated heterocycles. The first-order valence-corrected chi connectivity index (χ1v) is 8.34. The molecule has 0 aliphatic heterocycles. The van der Waals surface area contributed by atoms with Crippen LogP contribution in [0.5, 0.6) is 0 Å². The zero-order valence-electron chi connectivity index (χ0n) is 12.2. The summed E-state index contributed by atoms with van der Waals surface area (Å²) in [7, 11) is 0. The molecular weight excluding hydrogens is 274 g/mol. The largest absolute Gasteiger partial charge is 0.481 e. The fraction of sp³-hybridized carbons (Fsp3) is 0.786. The van der Waals surface area contributed by atoms with Gasteiger partial charge in [-0.15, -0.1) is 10.2 Å². The first kappa shape index (κ1) is 15.4. The SMILES string of the molecule is CC(C)c1nnc(SCC(=O)O)n1CCC1CCCC1. The van der Waals surface area contributed by atoms with Crippen LogP contribution in [0.4, 0.5) is 0 Å². The van der Waals surface area contributed by atoms with Crippen LogP contribution in [0.3, 0.4) is 0 Å². The molecule has 1 aliphatic carbocycles. The van der Waals surface area contributed by atoms with Crippen LogP contribution < -0.4 is 0 Å². The van der Waals surface area contributed by atoms with E-state index >= 15 is 0 Å². The third kappa shape index (κ3) is 3.98. The maximum atomic E-state index is 10.7. The molecule has 0 bridgehead atoms. The van der Waals surface area contributed by atoms with Crippen molar-refractivity contribution in [2.24, 2.45) is 5.92 Å². The van der Waals surface area contributed by atoms with E-state index in [1.54, 1.807) is 0 Å². The second-order valence-electron chi connectivity index (χ2n) is 5.77. The Morgan fingerprint density at radius 3 is 2.70 bits per heavy atom. The summed E-state index contributed by atoms with van der Waals surface area (Å²) in [6, 6.07) is 0. The number of carbonyl (C=O) groups is 1. The fourth-order valence-electron chi connectivity index (χ4n) is 2.78. The molecule has 1 saturated carbocycles. The topological polar surface area (TPSA) is 68.0 Å². The van der Waals surface area contributed by atoms with Gasteiger partial charge in [-0.1, -0.05) is 51.3 Å². The van der Waals surface area contributed by atoms with E-state index in [4.69, 9.17) is 5.11 Å². The average Bonchev–Trinajstić information content (AvgIpc) is 3.03. The minimum Gasteiger partial charge on any atom is -0.481 e. The van der Waals surface area contributed by atoms with E-state index in [0.29, 0.717) is 5.92 Å². The van der Waals surface area contributed by atoms with Gasteiger partial charge in [-0.2, -0.15) is 0 Å². The molecule has 0 unspecified atom stereocenters. The molecule has 1 heterocycles. The summed E-state index contributed by atoms with van der Waals surface area (Å²) in [5.74, 6) is 1.32. The highest BCUT2D eigenvalue weighted by molar-refractivity contribution is 7.99. The number of carboxylic acid groups (broad SMARTS) is 1. The third-order valence-corrected chi connectivity index (χ3v) is 4.77. The molecule has 1 aliphatic rings. The Hall–Kier alpha value is -1.04. The van der Waals surface area contributed by atoms with E-state index in [2.05, 4.69) is 28.6 Å². The maximum absolute atomic E-state index is 10.7. The van der Waals surface area contributed by atoms with Crippen molar-refractivity contribution >= 4 is 17.7 Å². The second-order valence-corrected chi connectivity index (χ2v) is 6.71. The van der Waals surface area contributed by atoms with Crippen molar-refractivity contribution in [1.82, 2.24) is 14.8 Å². The zero-order chi connectivity index (χ0) is 14.5. The van der Waals surface area contributed by atoms with Crippen LogP contribution in [0, 0.1) is 5.92 Å². The van der Waals surface area contributed by atoms with Crippen LogP contribution in [0.1, 0.15) is 57.7 Å². The van der Waals surface area contributed by atoms with Crippen LogP contribution in [-0.2, 0) is 11.3 Å². The number of rotatable bonds is 7. The minimum absolute atomic E-state index is 0.0413. The second kappa shape index (κ2) is 7.11. The molecule has 6 heteroatoms. The van der Waals surface area contributed by atoms with Gasteiger partial charge in [0.2, 0.25) is 0 Å². The van der Waals surface area contributed by atoms with E-state index in [1.807, 2.05) is 0 Å². The van der Waals surface area contributed by atoms with E-state index in [-0.39, 0.29) is 5.75 Å². The lowest BCUT2D eigenvalue weighted by atomic mass is 10.0. The molecule has 0 atom stereocenters. The van der Waals surface area contributed by atoms with Gasteiger partial charge < -0.3 is 9.67 Å². The number of hydrogen-bond donors (Lipinski definition) is 1. The van der Waals surface area contributed by atoms with Gasteiger partial charge in [0.1, 0.15) is 5.82 Å². The molecule has 5 nitrogen and oxygen atoms in total. The molecule has 0 spiro atoms. The predicted molar refractivity (Wildman–Crippen MR) is 79.0 cm³/mol. The lowest BCUT2D eigenvalue weighted by Crippen LogP contribution is -2.10. The van der Waals surface area contributed by atoms with E-state index in [1.165, 1.54) is 37.4 Å². The van der Waals surface area contributed by atoms with Crippen molar-refractivity contribution in [2.75, 3.05) is 5.75 Å². The normalized spacial score (nSPS) is 16.1. The van der Waals surface area contributed by atoms with E-state index in [9.17, 15) is 4.79 Å². The first-order valence-electron chi connectivity index (χ1n) is 7.35. The van der Waals surface area contributed by atoms with Gasteiger partial charge in [-0.25, -0.2) is 0 Å². The molecule has 1 N–H and O–H groups in total. The summed E-state index contributed by atoms with van der Waals surface area (Å²) in [6.07, 6.45) is 6.51. The molecule has 0 radical (unpaired) electrons. The van der Waals surface area contributed by atoms with Gasteiger partial charge in [0.25, 0.3) is 0 Å². The smallest absolute Gasteiger partial charge is 0.313 e. The molecular formula is C14H23N3O2S. The molecule has 1 fully saturated rings. The number of hydrogen-bond acceptors (Lipinski definition) is 4. The maximum Gasteiger partial charge on any atom is 0.313 e. The summed E-state index contributed by atoms with van der Waals surface area (Å²) in [5.41, 5.74) is 0. The Morgan fingerprint density at radius 1 is 1.40 bits per heavy atom. The lowest BCUT2D eigenvalue weighted by molar-refractivity contribution is -0.133. The van der Waals surface area contributed by atoms with Crippen LogP contribution in [0.15, 0.2) is 5.16 Å². The lowest BCUT2D eigenvalue weighted by Gasteiger charge is -2.14. The van der Waals surface area contributed by atoms with Crippen LogP contribution in [0.25, 0.3) is 0 Å². The fourth-order valence-corrected chi connectivity index (χ4v) is 3.47. The Morgan fingerprint density at radius 2 is 2.10 bits per heavy atom. The van der Waals surface area contributed by atoms with Crippen molar-refractivity contribution in [1.29, 1.82) is 0 Å². The van der Waals surface area contributed by atoms with Gasteiger partial charge in [-0.3, -0.25) is 4.79 Å². The number of carboxylic acids is 1. The molecule has 0 amide bonds. The molecule has 2 rings (SSSR count). The number of aromatic nitrogens is 3. The average molecular weight is 297 g/mol. The Kier molecular flexibility index (Phi) is 5.46. The monoisotopic (exact) mass is 297 g/mol. The third-order valence-electron chi connectivity index (χ3n) is 3.82. The van der Waals surface area contributed by atoms with Gasteiger partial charge in [0.05, 0.1) is 5.75 Å².